The number of hydrogen-bond donors (Lipinski definition) is 1. The Morgan fingerprint density at radius 2 is 1.72 bits per heavy atom. The van der Waals surface area contributed by atoms with Gasteiger partial charge in [0.1, 0.15) is 16.9 Å². The smallest absolute Gasteiger partial charge is 0.261 e. The van der Waals surface area contributed by atoms with Gasteiger partial charge in [0, 0.05) is 29.9 Å². The van der Waals surface area contributed by atoms with Crippen LogP contribution in [0.3, 0.4) is 0 Å². The number of carbonyl (C=O) groups is 1. The number of likely N-dealkylation sites (tertiary alicyclic amines) is 1. The molecule has 0 saturated carbocycles. The van der Waals surface area contributed by atoms with Crippen LogP contribution in [-0.4, -0.2) is 39.4 Å². The van der Waals surface area contributed by atoms with Crippen molar-refractivity contribution >= 4 is 43.6 Å². The van der Waals surface area contributed by atoms with E-state index in [9.17, 15) is 13.2 Å². The van der Waals surface area contributed by atoms with Gasteiger partial charge in [0.05, 0.1) is 23.3 Å². The molecule has 32 heavy (non-hydrogen) atoms. The molecule has 1 aliphatic rings. The van der Waals surface area contributed by atoms with Crippen molar-refractivity contribution in [2.24, 2.45) is 0 Å². The number of fused-ring (bicyclic) bond motifs is 3. The lowest BCUT2D eigenvalue weighted by Crippen LogP contribution is -2.28. The maximum absolute atomic E-state index is 13.1. The van der Waals surface area contributed by atoms with E-state index in [2.05, 4.69) is 4.72 Å². The van der Waals surface area contributed by atoms with Crippen molar-refractivity contribution in [3.63, 3.8) is 0 Å². The number of amides is 1. The fourth-order valence-corrected chi connectivity index (χ4v) is 5.19. The van der Waals surface area contributed by atoms with Crippen LogP contribution in [0.1, 0.15) is 23.2 Å². The molecule has 5 rings (SSSR count). The van der Waals surface area contributed by atoms with Gasteiger partial charge in [-0.1, -0.05) is 18.2 Å². The Bertz CT molecular complexity index is 1440. The van der Waals surface area contributed by atoms with Crippen molar-refractivity contribution in [1.29, 1.82) is 0 Å². The number of para-hydroxylation sites is 1. The molecule has 0 aliphatic carbocycles. The van der Waals surface area contributed by atoms with Gasteiger partial charge in [-0.05, 0) is 49.2 Å². The second-order valence-corrected chi connectivity index (χ2v) is 9.46. The quantitative estimate of drug-likeness (QED) is 0.479. The number of hydrogen-bond acceptors (Lipinski definition) is 5. The molecule has 1 aliphatic heterocycles. The lowest BCUT2D eigenvalue weighted by Gasteiger charge is -2.18. The van der Waals surface area contributed by atoms with Crippen molar-refractivity contribution in [2.45, 2.75) is 17.7 Å². The minimum Gasteiger partial charge on any atom is -0.496 e. The van der Waals surface area contributed by atoms with E-state index in [1.807, 2.05) is 30.3 Å². The number of rotatable bonds is 5. The summed E-state index contributed by atoms with van der Waals surface area (Å²) in [5, 5.41) is 1.88. The molecule has 7 nitrogen and oxygen atoms in total. The van der Waals surface area contributed by atoms with Gasteiger partial charge in [-0.25, -0.2) is 8.42 Å². The first-order valence-corrected chi connectivity index (χ1v) is 11.9. The van der Waals surface area contributed by atoms with Crippen LogP contribution < -0.4 is 9.46 Å². The number of anilines is 1. The summed E-state index contributed by atoms with van der Waals surface area (Å²) in [4.78, 5) is 14.6. The zero-order valence-corrected chi connectivity index (χ0v) is 18.3. The van der Waals surface area contributed by atoms with E-state index in [-0.39, 0.29) is 16.4 Å². The van der Waals surface area contributed by atoms with Crippen molar-refractivity contribution in [1.82, 2.24) is 4.90 Å². The molecule has 1 aromatic heterocycles. The van der Waals surface area contributed by atoms with E-state index in [0.717, 1.165) is 29.2 Å². The molecule has 0 radical (unpaired) electrons. The predicted octanol–water partition coefficient (Wildman–Crippen LogP) is 4.63. The first-order valence-electron chi connectivity index (χ1n) is 10.4. The summed E-state index contributed by atoms with van der Waals surface area (Å²) in [7, 11) is -2.47. The lowest BCUT2D eigenvalue weighted by molar-refractivity contribution is 0.0789. The monoisotopic (exact) mass is 450 g/mol. The molecule has 8 heteroatoms. The highest BCUT2D eigenvalue weighted by Gasteiger charge is 2.25. The highest BCUT2D eigenvalue weighted by Crippen LogP contribution is 2.31. The van der Waals surface area contributed by atoms with Crippen LogP contribution >= 0.6 is 0 Å². The second-order valence-electron chi connectivity index (χ2n) is 7.78. The lowest BCUT2D eigenvalue weighted by atomic mass is 10.1. The van der Waals surface area contributed by atoms with Crippen LogP contribution in [0.5, 0.6) is 5.75 Å². The number of ether oxygens (including phenoxy) is 1. The highest BCUT2D eigenvalue weighted by atomic mass is 32.2. The van der Waals surface area contributed by atoms with Crippen LogP contribution in [0.4, 0.5) is 5.69 Å². The zero-order valence-electron chi connectivity index (χ0n) is 17.5. The minimum absolute atomic E-state index is 0.00875. The van der Waals surface area contributed by atoms with Crippen LogP contribution in [0.25, 0.3) is 21.9 Å². The summed E-state index contributed by atoms with van der Waals surface area (Å²) in [5.41, 5.74) is 1.94. The molecule has 0 unspecified atom stereocenters. The maximum Gasteiger partial charge on any atom is 0.261 e. The van der Waals surface area contributed by atoms with Crippen molar-refractivity contribution < 1.29 is 22.4 Å². The number of sulfonamides is 1. The van der Waals surface area contributed by atoms with Crippen LogP contribution in [0, 0.1) is 0 Å². The average Bonchev–Trinajstić information content (AvgIpc) is 3.45. The van der Waals surface area contributed by atoms with Gasteiger partial charge in [-0.3, -0.25) is 9.52 Å². The number of methoxy groups -OCH3 is 1. The molecule has 0 bridgehead atoms. The average molecular weight is 451 g/mol. The minimum atomic E-state index is -3.93. The normalized spacial score (nSPS) is 14.2. The van der Waals surface area contributed by atoms with Gasteiger partial charge >= 0.3 is 0 Å². The first-order chi connectivity index (χ1) is 15.5. The van der Waals surface area contributed by atoms with Crippen LogP contribution in [0.2, 0.25) is 0 Å². The van der Waals surface area contributed by atoms with E-state index in [4.69, 9.17) is 9.15 Å². The summed E-state index contributed by atoms with van der Waals surface area (Å²) < 4.78 is 40.0. The Labute approximate surface area is 185 Å². The molecule has 0 atom stereocenters. The maximum atomic E-state index is 13.1. The first kappa shape index (κ1) is 20.4. The Morgan fingerprint density at radius 3 is 2.50 bits per heavy atom. The van der Waals surface area contributed by atoms with Crippen molar-refractivity contribution in [3.05, 3.63) is 66.2 Å². The van der Waals surface area contributed by atoms with E-state index in [1.54, 1.807) is 17.0 Å². The molecule has 4 aromatic rings. The number of nitrogens with zero attached hydrogens (tertiary/aromatic N) is 1. The fourth-order valence-electron chi connectivity index (χ4n) is 4.12. The summed E-state index contributed by atoms with van der Waals surface area (Å²) in [6.07, 6.45) is 1.88. The number of nitrogens with one attached hydrogen (secondary N) is 1. The Kier molecular flexibility index (Phi) is 5.01. The summed E-state index contributed by atoms with van der Waals surface area (Å²) >= 11 is 0. The van der Waals surface area contributed by atoms with Gasteiger partial charge in [0.15, 0.2) is 0 Å². The second kappa shape index (κ2) is 7.87. The molecular formula is C24H22N2O5S. The third kappa shape index (κ3) is 3.56. The predicted molar refractivity (Wildman–Crippen MR) is 123 cm³/mol. The Hall–Kier alpha value is -3.52. The van der Waals surface area contributed by atoms with E-state index < -0.39 is 10.0 Å². The van der Waals surface area contributed by atoms with E-state index in [1.165, 1.54) is 25.3 Å². The number of benzene rings is 3. The third-order valence-electron chi connectivity index (χ3n) is 5.74. The van der Waals surface area contributed by atoms with E-state index in [0.29, 0.717) is 30.1 Å². The third-order valence-corrected chi connectivity index (χ3v) is 7.11. The molecule has 1 amide bonds. The molecule has 1 fully saturated rings. The Balaban J connectivity index is 1.48. The van der Waals surface area contributed by atoms with Gasteiger partial charge in [-0.2, -0.15) is 0 Å². The summed E-state index contributed by atoms with van der Waals surface area (Å²) in [6, 6.07) is 17.2. The summed E-state index contributed by atoms with van der Waals surface area (Å²) in [6.45, 7) is 1.32. The van der Waals surface area contributed by atoms with Crippen LogP contribution in [0.15, 0.2) is 70.0 Å². The van der Waals surface area contributed by atoms with Crippen molar-refractivity contribution in [2.75, 3.05) is 24.9 Å². The molecule has 164 valence electrons. The highest BCUT2D eigenvalue weighted by molar-refractivity contribution is 7.92. The standard InChI is InChI=1S/C24H22N2O5S/c1-30-21-11-9-17(15-20(21)24(27)26-12-4-5-13-26)32(28,29)25-16-8-10-19-18-6-2-3-7-22(18)31-23(19)14-16/h2-3,6-11,14-15,25H,4-5,12-13H2,1H3. The van der Waals surface area contributed by atoms with Gasteiger partial charge < -0.3 is 14.1 Å². The Morgan fingerprint density at radius 1 is 0.969 bits per heavy atom. The zero-order chi connectivity index (χ0) is 22.3. The summed E-state index contributed by atoms with van der Waals surface area (Å²) in [5.74, 6) is 0.129. The topological polar surface area (TPSA) is 88.9 Å². The fraction of sp³-hybridized carbons (Fsp3) is 0.208. The van der Waals surface area contributed by atoms with Gasteiger partial charge in [-0.15, -0.1) is 0 Å². The van der Waals surface area contributed by atoms with Crippen LogP contribution in [-0.2, 0) is 10.0 Å². The van der Waals surface area contributed by atoms with Gasteiger partial charge in [0.25, 0.3) is 15.9 Å². The molecule has 1 N–H and O–H groups in total. The number of carbonyl (C=O) groups excluding carboxylic acids is 1. The van der Waals surface area contributed by atoms with Gasteiger partial charge in [0.2, 0.25) is 0 Å². The van der Waals surface area contributed by atoms with E-state index >= 15 is 0 Å². The molecule has 2 heterocycles. The van der Waals surface area contributed by atoms with Crippen molar-refractivity contribution in [3.8, 4) is 5.75 Å². The molecular weight excluding hydrogens is 428 g/mol. The molecule has 3 aromatic carbocycles. The largest absolute Gasteiger partial charge is 0.496 e. The SMILES string of the molecule is COc1ccc(S(=O)(=O)Nc2ccc3c(c2)oc2ccccc23)cc1C(=O)N1CCCC1. The molecule has 0 spiro atoms. The number of furan rings is 1. The molecule has 1 saturated heterocycles.